The van der Waals surface area contributed by atoms with E-state index in [1.165, 1.54) is 22.9 Å². The van der Waals surface area contributed by atoms with Crippen molar-refractivity contribution in [3.8, 4) is 0 Å². The van der Waals surface area contributed by atoms with Gasteiger partial charge < -0.3 is 14.5 Å². The second-order valence-corrected chi connectivity index (χ2v) is 8.29. The zero-order chi connectivity index (χ0) is 17.5. The van der Waals surface area contributed by atoms with Gasteiger partial charge in [-0.25, -0.2) is 8.42 Å². The van der Waals surface area contributed by atoms with E-state index in [-0.39, 0.29) is 29.9 Å². The molecule has 3 rings (SSSR count). The zero-order valence-corrected chi connectivity index (χ0v) is 14.4. The fourth-order valence-corrected chi connectivity index (χ4v) is 5.40. The Balaban J connectivity index is 1.87. The third-order valence-electron chi connectivity index (χ3n) is 4.48. The van der Waals surface area contributed by atoms with Crippen molar-refractivity contribution in [1.82, 2.24) is 19.6 Å². The number of fused-ring (bicyclic) bond motifs is 1. The Morgan fingerprint density at radius 3 is 2.46 bits per heavy atom. The van der Waals surface area contributed by atoms with E-state index in [1.54, 1.807) is 18.1 Å². The van der Waals surface area contributed by atoms with Gasteiger partial charge in [0.05, 0.1) is 35.3 Å². The molecule has 24 heavy (non-hydrogen) atoms. The molecule has 2 fully saturated rings. The number of ether oxygens (including phenoxy) is 1. The number of carbonyl (C=O) groups is 2. The highest BCUT2D eigenvalue weighted by Crippen LogP contribution is 2.28. The van der Waals surface area contributed by atoms with Crippen LogP contribution in [0.15, 0.2) is 12.4 Å². The fraction of sp³-hybridized carbons (Fsp3) is 0.643. The molecule has 0 spiro atoms. The minimum Gasteiger partial charge on any atom is -0.375 e. The molecular formula is C14H20N4O5S. The molecule has 0 aromatic carbocycles. The van der Waals surface area contributed by atoms with Crippen molar-refractivity contribution in [3.63, 3.8) is 0 Å². The number of aromatic nitrogens is 2. The van der Waals surface area contributed by atoms with Gasteiger partial charge in [-0.15, -0.1) is 0 Å². The summed E-state index contributed by atoms with van der Waals surface area (Å²) in [6, 6.07) is -1.05. The number of hydrogen-bond donors (Lipinski definition) is 0. The van der Waals surface area contributed by atoms with Crippen LogP contribution in [0.4, 0.5) is 0 Å². The largest absolute Gasteiger partial charge is 0.375 e. The summed E-state index contributed by atoms with van der Waals surface area (Å²) in [5.74, 6) is -0.753. The fourth-order valence-electron chi connectivity index (χ4n) is 3.42. The number of methoxy groups -OCH3 is 1. The number of piperazine rings is 1. The van der Waals surface area contributed by atoms with Crippen LogP contribution in [-0.2, 0) is 26.4 Å². The van der Waals surface area contributed by atoms with Gasteiger partial charge in [0.15, 0.2) is 9.84 Å². The lowest BCUT2D eigenvalue weighted by molar-refractivity contribution is -0.140. The molecule has 0 N–H and O–H groups in total. The maximum absolute atomic E-state index is 12.7. The van der Waals surface area contributed by atoms with Crippen LogP contribution in [0.25, 0.3) is 0 Å². The molecule has 2 atom stereocenters. The van der Waals surface area contributed by atoms with E-state index in [4.69, 9.17) is 4.74 Å². The normalized spacial score (nSPS) is 25.6. The average Bonchev–Trinajstić information content (AvgIpc) is 3.07. The van der Waals surface area contributed by atoms with E-state index in [0.717, 1.165) is 0 Å². The van der Waals surface area contributed by atoms with Crippen molar-refractivity contribution in [1.29, 1.82) is 0 Å². The van der Waals surface area contributed by atoms with E-state index in [1.807, 2.05) is 0 Å². The average molecular weight is 356 g/mol. The summed E-state index contributed by atoms with van der Waals surface area (Å²) in [6.07, 6.45) is 3.06. The Morgan fingerprint density at radius 2 is 1.88 bits per heavy atom. The molecule has 0 unspecified atom stereocenters. The smallest absolute Gasteiger partial charge is 0.257 e. The lowest BCUT2D eigenvalue weighted by Crippen LogP contribution is -2.62. The molecule has 0 aliphatic carbocycles. The van der Waals surface area contributed by atoms with Crippen LogP contribution in [-0.4, -0.2) is 90.2 Å². The lowest BCUT2D eigenvalue weighted by Gasteiger charge is -2.43. The summed E-state index contributed by atoms with van der Waals surface area (Å²) in [4.78, 5) is 28.0. The predicted molar refractivity (Wildman–Crippen MR) is 84.1 cm³/mol. The van der Waals surface area contributed by atoms with E-state index in [2.05, 4.69) is 5.10 Å². The minimum absolute atomic E-state index is 0.0974. The van der Waals surface area contributed by atoms with Crippen LogP contribution in [0.5, 0.6) is 0 Å². The van der Waals surface area contributed by atoms with Crippen molar-refractivity contribution in [2.24, 2.45) is 7.05 Å². The molecule has 0 bridgehead atoms. The second-order valence-electron chi connectivity index (χ2n) is 6.13. The Bertz CT molecular complexity index is 759. The highest BCUT2D eigenvalue weighted by atomic mass is 32.2. The Hall–Kier alpha value is -1.94. The first-order valence-electron chi connectivity index (χ1n) is 7.61. The summed E-state index contributed by atoms with van der Waals surface area (Å²) < 4.78 is 30.6. The maximum Gasteiger partial charge on any atom is 0.257 e. The number of sulfone groups is 1. The summed E-state index contributed by atoms with van der Waals surface area (Å²) in [6.45, 7) is 0.491. The van der Waals surface area contributed by atoms with Crippen LogP contribution in [0.3, 0.4) is 0 Å². The molecule has 2 amide bonds. The second kappa shape index (κ2) is 6.17. The molecule has 132 valence electrons. The number of aryl methyl sites for hydroxylation is 1. The van der Waals surface area contributed by atoms with E-state index < -0.39 is 21.9 Å². The standard InChI is InChI=1S/C14H20N4O5S/c1-16-6-10(5-15-16)14(20)18-4-3-17(13(19)7-23-2)11-8-24(21,22)9-12(11)18/h5-6,11-12H,3-4,7-9H2,1-2H3/t11-,12+/m1/s1. The highest BCUT2D eigenvalue weighted by Gasteiger charge is 2.49. The maximum atomic E-state index is 12.7. The molecule has 1 aromatic rings. The van der Waals surface area contributed by atoms with E-state index >= 15 is 0 Å². The zero-order valence-electron chi connectivity index (χ0n) is 13.6. The van der Waals surface area contributed by atoms with E-state index in [0.29, 0.717) is 18.7 Å². The highest BCUT2D eigenvalue weighted by molar-refractivity contribution is 7.91. The summed E-state index contributed by atoms with van der Waals surface area (Å²) in [7, 11) is -0.174. The summed E-state index contributed by atoms with van der Waals surface area (Å²) in [5, 5.41) is 3.98. The van der Waals surface area contributed by atoms with Gasteiger partial charge in [-0.1, -0.05) is 0 Å². The Labute approximate surface area is 140 Å². The molecule has 0 radical (unpaired) electrons. The van der Waals surface area contributed by atoms with Gasteiger partial charge in [0, 0.05) is 33.4 Å². The Morgan fingerprint density at radius 1 is 1.25 bits per heavy atom. The van der Waals surface area contributed by atoms with Gasteiger partial charge >= 0.3 is 0 Å². The van der Waals surface area contributed by atoms with Gasteiger partial charge in [-0.05, 0) is 0 Å². The monoisotopic (exact) mass is 356 g/mol. The number of hydrogen-bond acceptors (Lipinski definition) is 6. The van der Waals surface area contributed by atoms with Crippen molar-refractivity contribution in [2.45, 2.75) is 12.1 Å². The molecular weight excluding hydrogens is 336 g/mol. The minimum atomic E-state index is -3.30. The van der Waals surface area contributed by atoms with Crippen LogP contribution in [0, 0.1) is 0 Å². The molecule has 2 aliphatic rings. The quantitative estimate of drug-likeness (QED) is 0.654. The summed E-state index contributed by atoms with van der Waals surface area (Å²) in [5.41, 5.74) is 0.414. The lowest BCUT2D eigenvalue weighted by atomic mass is 10.0. The van der Waals surface area contributed by atoms with Gasteiger partial charge in [0.2, 0.25) is 5.91 Å². The van der Waals surface area contributed by atoms with Gasteiger partial charge in [0.1, 0.15) is 6.61 Å². The first-order chi connectivity index (χ1) is 11.3. The molecule has 10 heteroatoms. The van der Waals surface area contributed by atoms with E-state index in [9.17, 15) is 18.0 Å². The molecule has 9 nitrogen and oxygen atoms in total. The van der Waals surface area contributed by atoms with Crippen LogP contribution < -0.4 is 0 Å². The third kappa shape index (κ3) is 3.03. The van der Waals surface area contributed by atoms with Crippen molar-refractivity contribution < 1.29 is 22.7 Å². The number of nitrogens with zero attached hydrogens (tertiary/aromatic N) is 4. The number of rotatable bonds is 3. The SMILES string of the molecule is COCC(=O)N1CCN(C(=O)c2cnn(C)c2)[C@H]2CS(=O)(=O)C[C@H]21. The first kappa shape index (κ1) is 16.9. The van der Waals surface area contributed by atoms with Gasteiger partial charge in [-0.2, -0.15) is 5.10 Å². The van der Waals surface area contributed by atoms with Gasteiger partial charge in [-0.3, -0.25) is 14.3 Å². The van der Waals surface area contributed by atoms with Crippen LogP contribution in [0.2, 0.25) is 0 Å². The first-order valence-corrected chi connectivity index (χ1v) is 9.43. The number of carbonyl (C=O) groups excluding carboxylic acids is 2. The van der Waals surface area contributed by atoms with Crippen LogP contribution >= 0.6 is 0 Å². The van der Waals surface area contributed by atoms with Crippen molar-refractivity contribution in [3.05, 3.63) is 18.0 Å². The molecule has 3 heterocycles. The molecule has 2 saturated heterocycles. The summed E-state index contributed by atoms with van der Waals surface area (Å²) >= 11 is 0. The van der Waals surface area contributed by atoms with Crippen molar-refractivity contribution in [2.75, 3.05) is 38.3 Å². The molecule has 0 saturated carbocycles. The van der Waals surface area contributed by atoms with Gasteiger partial charge in [0.25, 0.3) is 5.91 Å². The number of amides is 2. The molecule has 2 aliphatic heterocycles. The van der Waals surface area contributed by atoms with Crippen LogP contribution in [0.1, 0.15) is 10.4 Å². The topological polar surface area (TPSA) is 102 Å². The Kier molecular flexibility index (Phi) is 4.35. The molecule has 1 aromatic heterocycles. The van der Waals surface area contributed by atoms with Crippen molar-refractivity contribution >= 4 is 21.7 Å². The predicted octanol–water partition coefficient (Wildman–Crippen LogP) is -1.48. The third-order valence-corrected chi connectivity index (χ3v) is 6.18.